The van der Waals surface area contributed by atoms with Crippen LogP contribution in [-0.2, 0) is 11.2 Å². The summed E-state index contributed by atoms with van der Waals surface area (Å²) < 4.78 is 5.60. The minimum Gasteiger partial charge on any atom is -0.480 e. The molecule has 1 aromatic carbocycles. The molecule has 0 saturated heterocycles. The monoisotopic (exact) mass is 234 g/mol. The van der Waals surface area contributed by atoms with Crippen LogP contribution in [0.5, 0.6) is 5.75 Å². The Balaban J connectivity index is 1.84. The summed E-state index contributed by atoms with van der Waals surface area (Å²) in [6.07, 6.45) is 0.304. The van der Waals surface area contributed by atoms with Crippen molar-refractivity contribution in [2.75, 3.05) is 27.2 Å². The number of carbonyl (C=O) groups excluding carboxylic acids is 1. The van der Waals surface area contributed by atoms with Crippen LogP contribution >= 0.6 is 0 Å². The highest BCUT2D eigenvalue weighted by Crippen LogP contribution is 2.27. The predicted octanol–water partition coefficient (Wildman–Crippen LogP) is 0.668. The maximum Gasteiger partial charge on any atom is 0.261 e. The van der Waals surface area contributed by atoms with Crippen LogP contribution < -0.4 is 10.1 Å². The first-order valence-corrected chi connectivity index (χ1v) is 5.84. The minimum atomic E-state index is -0.366. The zero-order valence-corrected chi connectivity index (χ0v) is 10.3. The van der Waals surface area contributed by atoms with Crippen LogP contribution in [0.1, 0.15) is 5.56 Å². The molecule has 4 heteroatoms. The molecule has 92 valence electrons. The number of hydrogen-bond donors (Lipinski definition) is 1. The second-order valence-corrected chi connectivity index (χ2v) is 4.51. The van der Waals surface area contributed by atoms with E-state index < -0.39 is 0 Å². The van der Waals surface area contributed by atoms with Gasteiger partial charge in [0, 0.05) is 19.5 Å². The number of nitrogens with zero attached hydrogens (tertiary/aromatic N) is 1. The SMILES string of the molecule is CN(C)CCNC(=O)C1Cc2ccccc2O1. The molecule has 0 aliphatic carbocycles. The molecule has 0 bridgehead atoms. The van der Waals surface area contributed by atoms with Gasteiger partial charge in [-0.05, 0) is 25.7 Å². The summed E-state index contributed by atoms with van der Waals surface area (Å²) in [5, 5.41) is 2.89. The van der Waals surface area contributed by atoms with Gasteiger partial charge in [-0.15, -0.1) is 0 Å². The van der Waals surface area contributed by atoms with Gasteiger partial charge < -0.3 is 15.0 Å². The van der Waals surface area contributed by atoms with Crippen LogP contribution in [0.2, 0.25) is 0 Å². The number of fused-ring (bicyclic) bond motifs is 1. The van der Waals surface area contributed by atoms with E-state index in [-0.39, 0.29) is 12.0 Å². The lowest BCUT2D eigenvalue weighted by molar-refractivity contribution is -0.127. The molecule has 17 heavy (non-hydrogen) atoms. The molecule has 1 aromatic rings. The zero-order valence-electron chi connectivity index (χ0n) is 10.3. The summed E-state index contributed by atoms with van der Waals surface area (Å²) in [7, 11) is 3.96. The molecule has 1 aliphatic rings. The van der Waals surface area contributed by atoms with Crippen LogP contribution in [0, 0.1) is 0 Å². The van der Waals surface area contributed by atoms with Gasteiger partial charge in [0.05, 0.1) is 0 Å². The molecule has 1 heterocycles. The lowest BCUT2D eigenvalue weighted by Gasteiger charge is -2.13. The zero-order chi connectivity index (χ0) is 12.3. The summed E-state index contributed by atoms with van der Waals surface area (Å²) in [4.78, 5) is 13.9. The Morgan fingerprint density at radius 2 is 2.24 bits per heavy atom. The van der Waals surface area contributed by atoms with E-state index in [9.17, 15) is 4.79 Å². The van der Waals surface area contributed by atoms with Gasteiger partial charge in [0.1, 0.15) is 5.75 Å². The van der Waals surface area contributed by atoms with Crippen LogP contribution in [0.15, 0.2) is 24.3 Å². The maximum atomic E-state index is 11.8. The summed E-state index contributed by atoms with van der Waals surface area (Å²) >= 11 is 0. The fourth-order valence-corrected chi connectivity index (χ4v) is 1.84. The Hall–Kier alpha value is -1.55. The number of para-hydroxylation sites is 1. The van der Waals surface area contributed by atoms with Gasteiger partial charge in [0.25, 0.3) is 5.91 Å². The number of rotatable bonds is 4. The lowest BCUT2D eigenvalue weighted by atomic mass is 10.1. The topological polar surface area (TPSA) is 41.6 Å². The van der Waals surface area contributed by atoms with Gasteiger partial charge >= 0.3 is 0 Å². The van der Waals surface area contributed by atoms with Crippen molar-refractivity contribution in [1.82, 2.24) is 10.2 Å². The van der Waals surface area contributed by atoms with Crippen molar-refractivity contribution in [3.05, 3.63) is 29.8 Å². The molecule has 2 rings (SSSR count). The molecule has 1 atom stereocenters. The summed E-state index contributed by atoms with van der Waals surface area (Å²) in [5.74, 6) is 0.809. The first kappa shape index (κ1) is 11.9. The number of hydrogen-bond acceptors (Lipinski definition) is 3. The fraction of sp³-hybridized carbons (Fsp3) is 0.462. The second-order valence-electron chi connectivity index (χ2n) is 4.51. The van der Waals surface area contributed by atoms with Crippen molar-refractivity contribution in [2.45, 2.75) is 12.5 Å². The number of carbonyl (C=O) groups is 1. The molecule has 0 aromatic heterocycles. The third-order valence-electron chi connectivity index (χ3n) is 2.80. The average molecular weight is 234 g/mol. The van der Waals surface area contributed by atoms with E-state index in [2.05, 4.69) is 5.32 Å². The van der Waals surface area contributed by atoms with Crippen molar-refractivity contribution >= 4 is 5.91 Å². The van der Waals surface area contributed by atoms with Gasteiger partial charge in [-0.3, -0.25) is 4.79 Å². The van der Waals surface area contributed by atoms with E-state index in [1.807, 2.05) is 43.3 Å². The van der Waals surface area contributed by atoms with E-state index >= 15 is 0 Å². The molecule has 0 radical (unpaired) electrons. The van der Waals surface area contributed by atoms with Crippen LogP contribution in [0.25, 0.3) is 0 Å². The Morgan fingerprint density at radius 1 is 1.47 bits per heavy atom. The highest BCUT2D eigenvalue weighted by atomic mass is 16.5. The molecule has 1 aliphatic heterocycles. The van der Waals surface area contributed by atoms with Crippen LogP contribution in [0.4, 0.5) is 0 Å². The van der Waals surface area contributed by atoms with Gasteiger partial charge in [-0.2, -0.15) is 0 Å². The van der Waals surface area contributed by atoms with Gasteiger partial charge in [0.15, 0.2) is 6.10 Å². The first-order valence-electron chi connectivity index (χ1n) is 5.84. The van der Waals surface area contributed by atoms with E-state index in [4.69, 9.17) is 4.74 Å². The number of benzene rings is 1. The first-order chi connectivity index (χ1) is 8.16. The highest BCUT2D eigenvalue weighted by molar-refractivity contribution is 5.82. The van der Waals surface area contributed by atoms with E-state index in [0.717, 1.165) is 17.9 Å². The Labute approximate surface area is 102 Å². The highest BCUT2D eigenvalue weighted by Gasteiger charge is 2.28. The molecule has 1 amide bonds. The largest absolute Gasteiger partial charge is 0.480 e. The van der Waals surface area contributed by atoms with Crippen molar-refractivity contribution in [2.24, 2.45) is 0 Å². The standard InChI is InChI=1S/C13H18N2O2/c1-15(2)8-7-14-13(16)12-9-10-5-3-4-6-11(10)17-12/h3-6,12H,7-9H2,1-2H3,(H,14,16). The van der Waals surface area contributed by atoms with E-state index in [0.29, 0.717) is 13.0 Å². The van der Waals surface area contributed by atoms with Crippen molar-refractivity contribution in [3.8, 4) is 5.75 Å². The third-order valence-corrected chi connectivity index (χ3v) is 2.80. The summed E-state index contributed by atoms with van der Waals surface area (Å²) in [6, 6.07) is 7.80. The number of amides is 1. The van der Waals surface area contributed by atoms with Crippen molar-refractivity contribution < 1.29 is 9.53 Å². The number of ether oxygens (including phenoxy) is 1. The fourth-order valence-electron chi connectivity index (χ4n) is 1.84. The Kier molecular flexibility index (Phi) is 3.64. The van der Waals surface area contributed by atoms with Gasteiger partial charge in [-0.25, -0.2) is 0 Å². The van der Waals surface area contributed by atoms with Crippen molar-refractivity contribution in [1.29, 1.82) is 0 Å². The maximum absolute atomic E-state index is 11.8. The van der Waals surface area contributed by atoms with Gasteiger partial charge in [-0.1, -0.05) is 18.2 Å². The Bertz CT molecular complexity index is 379. The normalized spacial score (nSPS) is 17.7. The molecule has 0 spiro atoms. The molecule has 1 N–H and O–H groups in total. The quantitative estimate of drug-likeness (QED) is 0.832. The molecular formula is C13H18N2O2. The lowest BCUT2D eigenvalue weighted by Crippen LogP contribution is -2.40. The third kappa shape index (κ3) is 2.97. The van der Waals surface area contributed by atoms with Crippen LogP contribution in [-0.4, -0.2) is 44.1 Å². The second kappa shape index (κ2) is 5.19. The smallest absolute Gasteiger partial charge is 0.261 e. The summed E-state index contributed by atoms with van der Waals surface area (Å²) in [6.45, 7) is 1.49. The molecule has 0 saturated carbocycles. The van der Waals surface area contributed by atoms with Crippen molar-refractivity contribution in [3.63, 3.8) is 0 Å². The van der Waals surface area contributed by atoms with Crippen LogP contribution in [0.3, 0.4) is 0 Å². The van der Waals surface area contributed by atoms with E-state index in [1.54, 1.807) is 0 Å². The predicted molar refractivity (Wildman–Crippen MR) is 66.1 cm³/mol. The molecular weight excluding hydrogens is 216 g/mol. The Morgan fingerprint density at radius 3 is 2.94 bits per heavy atom. The van der Waals surface area contributed by atoms with Gasteiger partial charge in [0.2, 0.25) is 0 Å². The number of likely N-dealkylation sites (N-methyl/N-ethyl adjacent to an activating group) is 1. The molecule has 1 unspecified atom stereocenters. The summed E-state index contributed by atoms with van der Waals surface area (Å²) in [5.41, 5.74) is 1.11. The molecule has 0 fully saturated rings. The minimum absolute atomic E-state index is 0.0250. The van der Waals surface area contributed by atoms with E-state index in [1.165, 1.54) is 0 Å². The average Bonchev–Trinajstić information content (AvgIpc) is 2.71. The number of nitrogens with one attached hydrogen (secondary N) is 1. The molecule has 4 nitrogen and oxygen atoms in total.